The van der Waals surface area contributed by atoms with Gasteiger partial charge in [-0.15, -0.1) is 0 Å². The van der Waals surface area contributed by atoms with Crippen LogP contribution in [0.25, 0.3) is 0 Å². The molecule has 32 heavy (non-hydrogen) atoms. The van der Waals surface area contributed by atoms with Crippen molar-refractivity contribution in [2.75, 3.05) is 42.6 Å². The van der Waals surface area contributed by atoms with Crippen LogP contribution in [0.15, 0.2) is 48.9 Å². The molecule has 0 spiro atoms. The van der Waals surface area contributed by atoms with Crippen LogP contribution in [0.2, 0.25) is 0 Å². The molecule has 0 unspecified atom stereocenters. The molecular weight excluding hydrogens is 411 g/mol. The maximum absolute atomic E-state index is 13.0. The highest BCUT2D eigenvalue weighted by Crippen LogP contribution is 2.26. The number of carbonyl (C=O) groups is 1. The fourth-order valence-electron chi connectivity index (χ4n) is 3.71. The topological polar surface area (TPSA) is 108 Å². The molecule has 166 valence electrons. The van der Waals surface area contributed by atoms with Crippen LogP contribution in [0.4, 0.5) is 27.7 Å². The van der Waals surface area contributed by atoms with E-state index in [1.54, 1.807) is 31.4 Å². The van der Waals surface area contributed by atoms with Crippen molar-refractivity contribution in [2.24, 2.45) is 0 Å². The maximum Gasteiger partial charge on any atom is 0.238 e. The average Bonchev–Trinajstić information content (AvgIpc) is 2.81. The van der Waals surface area contributed by atoms with Gasteiger partial charge in [0.15, 0.2) is 0 Å². The van der Waals surface area contributed by atoms with E-state index in [4.69, 9.17) is 0 Å². The number of halogens is 1. The van der Waals surface area contributed by atoms with E-state index in [0.717, 1.165) is 31.6 Å². The van der Waals surface area contributed by atoms with Crippen molar-refractivity contribution in [2.45, 2.75) is 18.8 Å². The van der Waals surface area contributed by atoms with Gasteiger partial charge in [0.25, 0.3) is 0 Å². The van der Waals surface area contributed by atoms with Gasteiger partial charge in [0.05, 0.1) is 12.2 Å². The number of benzene rings is 1. The van der Waals surface area contributed by atoms with Crippen LogP contribution in [-0.2, 0) is 4.79 Å². The summed E-state index contributed by atoms with van der Waals surface area (Å²) in [5.41, 5.74) is 1.51. The summed E-state index contributed by atoms with van der Waals surface area (Å²) in [6.07, 6.45) is 5.15. The highest BCUT2D eigenvalue weighted by atomic mass is 19.1. The zero-order valence-electron chi connectivity index (χ0n) is 17.8. The Labute approximate surface area is 185 Å². The van der Waals surface area contributed by atoms with Crippen LogP contribution in [0.1, 0.15) is 24.5 Å². The summed E-state index contributed by atoms with van der Waals surface area (Å²) in [5.74, 6) is 1.51. The quantitative estimate of drug-likeness (QED) is 0.519. The van der Waals surface area contributed by atoms with Gasteiger partial charge in [-0.3, -0.25) is 9.69 Å². The van der Waals surface area contributed by atoms with Gasteiger partial charge in [-0.05, 0) is 49.7 Å². The van der Waals surface area contributed by atoms with Crippen molar-refractivity contribution in [3.63, 3.8) is 0 Å². The molecule has 0 aliphatic carbocycles. The number of carbonyl (C=O) groups excluding carboxylic acids is 1. The number of nitrogens with zero attached hydrogens (tertiary/aromatic N) is 5. The number of piperidine rings is 1. The zero-order chi connectivity index (χ0) is 22.3. The van der Waals surface area contributed by atoms with E-state index < -0.39 is 0 Å². The molecule has 3 aromatic rings. The molecule has 0 radical (unpaired) electrons. The first-order valence-corrected chi connectivity index (χ1v) is 10.5. The summed E-state index contributed by atoms with van der Waals surface area (Å²) in [7, 11) is 1.79. The molecule has 10 heteroatoms. The van der Waals surface area contributed by atoms with Crippen LogP contribution >= 0.6 is 0 Å². The van der Waals surface area contributed by atoms with Crippen LogP contribution < -0.4 is 16.0 Å². The Morgan fingerprint density at radius 1 is 1.16 bits per heavy atom. The Bertz CT molecular complexity index is 1060. The third-order valence-electron chi connectivity index (χ3n) is 5.26. The monoisotopic (exact) mass is 436 g/mol. The SMILES string of the molecule is CNc1cc(Nc2nccc([C@H]3CCCN(CC(=O)Nc4ccc(F)cc4)C3)n2)ncn1. The molecular formula is C22H25FN8O. The van der Waals surface area contributed by atoms with Crippen molar-refractivity contribution in [3.8, 4) is 0 Å². The lowest BCUT2D eigenvalue weighted by atomic mass is 9.94. The summed E-state index contributed by atoms with van der Waals surface area (Å²) in [6, 6.07) is 9.45. The molecule has 0 bridgehead atoms. The molecule has 1 aliphatic rings. The second kappa shape index (κ2) is 10.1. The third-order valence-corrected chi connectivity index (χ3v) is 5.26. The first kappa shape index (κ1) is 21.6. The Balaban J connectivity index is 1.36. The molecule has 1 amide bonds. The van der Waals surface area contributed by atoms with Gasteiger partial charge < -0.3 is 16.0 Å². The fourth-order valence-corrected chi connectivity index (χ4v) is 3.71. The van der Waals surface area contributed by atoms with Crippen molar-refractivity contribution < 1.29 is 9.18 Å². The number of amides is 1. The lowest BCUT2D eigenvalue weighted by Gasteiger charge is -2.32. The molecule has 3 heterocycles. The van der Waals surface area contributed by atoms with Crippen molar-refractivity contribution in [3.05, 3.63) is 60.4 Å². The van der Waals surface area contributed by atoms with Crippen LogP contribution in [0.5, 0.6) is 0 Å². The van der Waals surface area contributed by atoms with E-state index in [1.807, 2.05) is 6.07 Å². The summed E-state index contributed by atoms with van der Waals surface area (Å²) >= 11 is 0. The lowest BCUT2D eigenvalue weighted by molar-refractivity contribution is -0.117. The third kappa shape index (κ3) is 5.73. The Morgan fingerprint density at radius 3 is 2.78 bits per heavy atom. The summed E-state index contributed by atoms with van der Waals surface area (Å²) in [4.78, 5) is 31.8. The standard InChI is InChI=1S/C22H25FN8O/c1-24-19-11-20(27-14-26-19)30-22-25-9-8-18(29-22)15-3-2-10-31(12-15)13-21(32)28-17-6-4-16(23)5-7-17/h4-9,11,14-15H,2-3,10,12-13H2,1H3,(H,28,32)(H2,24,25,26,27,29,30)/t15-/m0/s1. The molecule has 1 aliphatic heterocycles. The lowest BCUT2D eigenvalue weighted by Crippen LogP contribution is -2.40. The van der Waals surface area contributed by atoms with Crippen LogP contribution in [-0.4, -0.2) is 57.4 Å². The van der Waals surface area contributed by atoms with Crippen LogP contribution in [0.3, 0.4) is 0 Å². The highest BCUT2D eigenvalue weighted by molar-refractivity contribution is 5.92. The van der Waals surface area contributed by atoms with E-state index in [2.05, 4.69) is 40.8 Å². The van der Waals surface area contributed by atoms with E-state index in [-0.39, 0.29) is 24.2 Å². The first-order valence-electron chi connectivity index (χ1n) is 10.5. The van der Waals surface area contributed by atoms with Gasteiger partial charge in [0, 0.05) is 37.5 Å². The van der Waals surface area contributed by atoms with Gasteiger partial charge >= 0.3 is 0 Å². The highest BCUT2D eigenvalue weighted by Gasteiger charge is 2.24. The number of rotatable bonds is 7. The van der Waals surface area contributed by atoms with Gasteiger partial charge in [-0.2, -0.15) is 0 Å². The number of hydrogen-bond acceptors (Lipinski definition) is 8. The minimum absolute atomic E-state index is 0.119. The average molecular weight is 436 g/mol. The smallest absolute Gasteiger partial charge is 0.238 e. The Hall–Kier alpha value is -3.66. The molecule has 4 rings (SSSR count). The molecule has 3 N–H and O–H groups in total. The Kier molecular flexibility index (Phi) is 6.81. The van der Waals surface area contributed by atoms with Crippen molar-refractivity contribution in [1.82, 2.24) is 24.8 Å². The van der Waals surface area contributed by atoms with E-state index in [9.17, 15) is 9.18 Å². The molecule has 0 saturated carbocycles. The van der Waals surface area contributed by atoms with E-state index in [1.165, 1.54) is 18.5 Å². The summed E-state index contributed by atoms with van der Waals surface area (Å²) in [6.45, 7) is 1.85. The minimum Gasteiger partial charge on any atom is -0.373 e. The van der Waals surface area contributed by atoms with Gasteiger partial charge in [-0.1, -0.05) is 0 Å². The molecule has 9 nitrogen and oxygen atoms in total. The van der Waals surface area contributed by atoms with Gasteiger partial charge in [0.1, 0.15) is 23.8 Å². The fraction of sp³-hybridized carbons (Fsp3) is 0.318. The van der Waals surface area contributed by atoms with E-state index >= 15 is 0 Å². The molecule has 2 aromatic heterocycles. The summed E-state index contributed by atoms with van der Waals surface area (Å²) in [5, 5.41) is 8.90. The Morgan fingerprint density at radius 2 is 1.97 bits per heavy atom. The number of hydrogen-bond donors (Lipinski definition) is 3. The normalized spacial score (nSPS) is 16.4. The largest absolute Gasteiger partial charge is 0.373 e. The number of anilines is 4. The van der Waals surface area contributed by atoms with Crippen molar-refractivity contribution in [1.29, 1.82) is 0 Å². The maximum atomic E-state index is 13.0. The van der Waals surface area contributed by atoms with Crippen LogP contribution in [0, 0.1) is 5.82 Å². The predicted molar refractivity (Wildman–Crippen MR) is 120 cm³/mol. The molecule has 1 saturated heterocycles. The number of aromatic nitrogens is 4. The van der Waals surface area contributed by atoms with Gasteiger partial charge in [0.2, 0.25) is 11.9 Å². The first-order chi connectivity index (χ1) is 15.6. The molecule has 1 atom stereocenters. The molecule has 1 fully saturated rings. The minimum atomic E-state index is -0.331. The number of nitrogens with one attached hydrogen (secondary N) is 3. The number of likely N-dealkylation sites (tertiary alicyclic amines) is 1. The summed E-state index contributed by atoms with van der Waals surface area (Å²) < 4.78 is 13.0. The predicted octanol–water partition coefficient (Wildman–Crippen LogP) is 3.01. The van der Waals surface area contributed by atoms with E-state index in [0.29, 0.717) is 23.3 Å². The molecule has 1 aromatic carbocycles. The second-order valence-electron chi connectivity index (χ2n) is 7.60. The zero-order valence-corrected chi connectivity index (χ0v) is 17.8. The second-order valence-corrected chi connectivity index (χ2v) is 7.60. The van der Waals surface area contributed by atoms with Crippen molar-refractivity contribution >= 4 is 29.2 Å². The van der Waals surface area contributed by atoms with Gasteiger partial charge in [-0.25, -0.2) is 24.3 Å².